The third-order valence-electron chi connectivity index (χ3n) is 4.74. The summed E-state index contributed by atoms with van der Waals surface area (Å²) in [6.07, 6.45) is 2.46. The number of sulfonamides is 1. The maximum atomic E-state index is 12.0. The van der Waals surface area contributed by atoms with Crippen molar-refractivity contribution < 1.29 is 8.42 Å². The number of hydrogen-bond donors (Lipinski definition) is 0. The van der Waals surface area contributed by atoms with E-state index in [0.717, 1.165) is 6.54 Å². The predicted octanol–water partition coefficient (Wildman–Crippen LogP) is 0.682. The third-order valence-corrected chi connectivity index (χ3v) is 6.95. The molecule has 5 nitrogen and oxygen atoms in total. The molecule has 118 valence electrons. The molecule has 6 heteroatoms. The smallest absolute Gasteiger partial charge is 0.216 e. The topological polar surface area (TPSA) is 43.9 Å². The lowest BCUT2D eigenvalue weighted by Gasteiger charge is -2.43. The molecule has 0 aromatic carbocycles. The Labute approximate surface area is 124 Å². The van der Waals surface area contributed by atoms with Crippen LogP contribution in [-0.4, -0.2) is 80.6 Å². The summed E-state index contributed by atoms with van der Waals surface area (Å²) in [6.45, 7) is 8.30. The predicted molar refractivity (Wildman–Crippen MR) is 82.3 cm³/mol. The van der Waals surface area contributed by atoms with E-state index in [1.165, 1.54) is 25.9 Å². The van der Waals surface area contributed by atoms with Crippen LogP contribution in [0.2, 0.25) is 0 Å². The molecule has 0 atom stereocenters. The van der Waals surface area contributed by atoms with E-state index in [-0.39, 0.29) is 5.25 Å². The third kappa shape index (κ3) is 3.53. The summed E-state index contributed by atoms with van der Waals surface area (Å²) in [6, 6.07) is 0.668. The molecule has 0 aliphatic carbocycles. The molecule has 2 aliphatic rings. The Balaban J connectivity index is 1.74. The molecule has 0 saturated carbocycles. The molecule has 2 saturated heterocycles. The van der Waals surface area contributed by atoms with Gasteiger partial charge in [0.05, 0.1) is 5.25 Å². The number of hydrogen-bond acceptors (Lipinski definition) is 4. The molecule has 0 N–H and O–H groups in total. The SMILES string of the molecule is CC(C)S(=O)(=O)N1CC(CN(C)C2CCN(C)CC2)C1. The van der Waals surface area contributed by atoms with Gasteiger partial charge in [0.1, 0.15) is 0 Å². The van der Waals surface area contributed by atoms with E-state index in [2.05, 4.69) is 23.9 Å². The normalized spacial score (nSPS) is 24.5. The van der Waals surface area contributed by atoms with Crippen LogP contribution >= 0.6 is 0 Å². The van der Waals surface area contributed by atoms with E-state index in [1.807, 2.05) is 0 Å². The van der Waals surface area contributed by atoms with Gasteiger partial charge in [0.25, 0.3) is 0 Å². The van der Waals surface area contributed by atoms with Gasteiger partial charge in [-0.25, -0.2) is 12.7 Å². The summed E-state index contributed by atoms with van der Waals surface area (Å²) in [5.41, 5.74) is 0. The van der Waals surface area contributed by atoms with E-state index in [0.29, 0.717) is 25.0 Å². The Morgan fingerprint density at radius 3 is 2.25 bits per heavy atom. The minimum Gasteiger partial charge on any atom is -0.306 e. The van der Waals surface area contributed by atoms with E-state index < -0.39 is 10.0 Å². The molecular formula is C14H29N3O2S. The van der Waals surface area contributed by atoms with Crippen LogP contribution in [0.15, 0.2) is 0 Å². The number of likely N-dealkylation sites (tertiary alicyclic amines) is 1. The van der Waals surface area contributed by atoms with E-state index in [9.17, 15) is 8.42 Å². The molecule has 0 aromatic rings. The minimum atomic E-state index is -3.03. The molecule has 2 heterocycles. The fraction of sp³-hybridized carbons (Fsp3) is 1.00. The van der Waals surface area contributed by atoms with Crippen LogP contribution in [0.25, 0.3) is 0 Å². The molecule has 0 unspecified atom stereocenters. The lowest BCUT2D eigenvalue weighted by Crippen LogP contribution is -2.56. The average molecular weight is 303 g/mol. The maximum Gasteiger partial charge on any atom is 0.216 e. The van der Waals surface area contributed by atoms with Gasteiger partial charge < -0.3 is 9.80 Å². The van der Waals surface area contributed by atoms with E-state index >= 15 is 0 Å². The van der Waals surface area contributed by atoms with Crippen LogP contribution in [0.3, 0.4) is 0 Å². The van der Waals surface area contributed by atoms with Crippen LogP contribution in [0, 0.1) is 5.92 Å². The second-order valence-electron chi connectivity index (χ2n) is 6.75. The van der Waals surface area contributed by atoms with Crippen molar-refractivity contribution in [3.63, 3.8) is 0 Å². The van der Waals surface area contributed by atoms with Gasteiger partial charge in [-0.05, 0) is 59.8 Å². The molecule has 0 aromatic heterocycles. The second-order valence-corrected chi connectivity index (χ2v) is 9.24. The van der Waals surface area contributed by atoms with Crippen LogP contribution in [-0.2, 0) is 10.0 Å². The Bertz CT molecular complexity index is 410. The number of nitrogens with zero attached hydrogens (tertiary/aromatic N) is 3. The summed E-state index contributed by atoms with van der Waals surface area (Å²) in [5.74, 6) is 0.508. The highest BCUT2D eigenvalue weighted by molar-refractivity contribution is 7.89. The summed E-state index contributed by atoms with van der Waals surface area (Å²) in [5, 5.41) is -0.296. The first kappa shape index (κ1) is 16.2. The van der Waals surface area contributed by atoms with Crippen LogP contribution in [0.1, 0.15) is 26.7 Å². The maximum absolute atomic E-state index is 12.0. The fourth-order valence-corrected chi connectivity index (χ4v) is 4.57. The lowest BCUT2D eigenvalue weighted by molar-refractivity contribution is 0.0914. The number of piperidine rings is 1. The molecule has 2 rings (SSSR count). The second kappa shape index (κ2) is 6.30. The monoisotopic (exact) mass is 303 g/mol. The van der Waals surface area contributed by atoms with Crippen molar-refractivity contribution in [1.29, 1.82) is 0 Å². The van der Waals surface area contributed by atoms with Gasteiger partial charge in [-0.3, -0.25) is 0 Å². The van der Waals surface area contributed by atoms with E-state index in [4.69, 9.17) is 0 Å². The van der Waals surface area contributed by atoms with Crippen molar-refractivity contribution in [2.24, 2.45) is 5.92 Å². The quantitative estimate of drug-likeness (QED) is 0.749. The summed E-state index contributed by atoms with van der Waals surface area (Å²) in [4.78, 5) is 4.82. The van der Waals surface area contributed by atoms with Gasteiger partial charge >= 0.3 is 0 Å². The van der Waals surface area contributed by atoms with Crippen LogP contribution < -0.4 is 0 Å². The highest BCUT2D eigenvalue weighted by Crippen LogP contribution is 2.24. The summed E-state index contributed by atoms with van der Waals surface area (Å²) in [7, 11) is 1.33. The van der Waals surface area contributed by atoms with Gasteiger partial charge in [-0.1, -0.05) is 0 Å². The zero-order chi connectivity index (χ0) is 14.9. The van der Waals surface area contributed by atoms with Crippen molar-refractivity contribution in [3.05, 3.63) is 0 Å². The lowest BCUT2D eigenvalue weighted by atomic mass is 9.99. The highest BCUT2D eigenvalue weighted by atomic mass is 32.2. The highest BCUT2D eigenvalue weighted by Gasteiger charge is 2.38. The fourth-order valence-electron chi connectivity index (χ4n) is 3.14. The standard InChI is InChI=1S/C14H29N3O2S/c1-12(2)20(18,19)17-10-13(11-17)9-16(4)14-5-7-15(3)8-6-14/h12-14H,5-11H2,1-4H3. The zero-order valence-corrected chi connectivity index (χ0v) is 14.1. The van der Waals surface area contributed by atoms with Crippen molar-refractivity contribution >= 4 is 10.0 Å². The molecule has 2 fully saturated rings. The molecular weight excluding hydrogens is 274 g/mol. The van der Waals surface area contributed by atoms with Gasteiger partial charge in [0, 0.05) is 25.7 Å². The zero-order valence-electron chi connectivity index (χ0n) is 13.2. The molecule has 0 radical (unpaired) electrons. The Kier molecular flexibility index (Phi) is 5.10. The molecule has 2 aliphatic heterocycles. The molecule has 0 amide bonds. The van der Waals surface area contributed by atoms with Crippen molar-refractivity contribution in [2.45, 2.75) is 38.0 Å². The average Bonchev–Trinajstić information content (AvgIpc) is 2.33. The Morgan fingerprint density at radius 2 is 1.75 bits per heavy atom. The molecule has 0 bridgehead atoms. The van der Waals surface area contributed by atoms with Crippen LogP contribution in [0.5, 0.6) is 0 Å². The van der Waals surface area contributed by atoms with Gasteiger partial charge in [0.2, 0.25) is 10.0 Å². The van der Waals surface area contributed by atoms with E-state index in [1.54, 1.807) is 18.2 Å². The van der Waals surface area contributed by atoms with Crippen molar-refractivity contribution in [2.75, 3.05) is 46.8 Å². The Morgan fingerprint density at radius 1 is 1.20 bits per heavy atom. The first-order valence-electron chi connectivity index (χ1n) is 7.68. The molecule has 20 heavy (non-hydrogen) atoms. The van der Waals surface area contributed by atoms with Gasteiger partial charge in [-0.15, -0.1) is 0 Å². The molecule has 0 spiro atoms. The Hall–Kier alpha value is -0.170. The number of rotatable bonds is 5. The van der Waals surface area contributed by atoms with Crippen LogP contribution in [0.4, 0.5) is 0 Å². The minimum absolute atomic E-state index is 0.296. The largest absolute Gasteiger partial charge is 0.306 e. The first-order valence-corrected chi connectivity index (χ1v) is 9.18. The first-order chi connectivity index (χ1) is 9.30. The summed E-state index contributed by atoms with van der Waals surface area (Å²) < 4.78 is 25.6. The van der Waals surface area contributed by atoms with Crippen molar-refractivity contribution in [3.8, 4) is 0 Å². The van der Waals surface area contributed by atoms with Gasteiger partial charge in [0.15, 0.2) is 0 Å². The van der Waals surface area contributed by atoms with Crippen molar-refractivity contribution in [1.82, 2.24) is 14.1 Å². The summed E-state index contributed by atoms with van der Waals surface area (Å²) >= 11 is 0. The van der Waals surface area contributed by atoms with Gasteiger partial charge in [-0.2, -0.15) is 0 Å².